The first-order valence-electron chi connectivity index (χ1n) is 8.59. The number of sulfone groups is 1. The standard InChI is InChI=1S/C19H18ClFN2O3S/c20-14-3-7-16(8-4-14)23-18-12-27(25,26)11-17(18)22(10-19(23)24)9-13-1-5-15(21)6-2-13/h1-8,17-18H,9-12H2/t17-,18-/m1/s1. The number of hydrogen-bond acceptors (Lipinski definition) is 4. The first-order valence-corrected chi connectivity index (χ1v) is 10.8. The van der Waals surface area contributed by atoms with E-state index in [9.17, 15) is 17.6 Å². The van der Waals surface area contributed by atoms with E-state index < -0.39 is 15.9 Å². The summed E-state index contributed by atoms with van der Waals surface area (Å²) >= 11 is 5.93. The number of benzene rings is 2. The second-order valence-electron chi connectivity index (χ2n) is 6.98. The minimum Gasteiger partial charge on any atom is -0.306 e. The Morgan fingerprint density at radius 2 is 1.63 bits per heavy atom. The van der Waals surface area contributed by atoms with Crippen LogP contribution >= 0.6 is 11.6 Å². The van der Waals surface area contributed by atoms with Crippen LogP contribution in [0.25, 0.3) is 0 Å². The normalized spacial score (nSPS) is 24.8. The number of anilines is 1. The molecular formula is C19H18ClFN2O3S. The molecule has 2 heterocycles. The second kappa shape index (κ2) is 6.89. The molecule has 2 aromatic rings. The fraction of sp³-hybridized carbons (Fsp3) is 0.316. The highest BCUT2D eigenvalue weighted by Crippen LogP contribution is 2.33. The number of amides is 1. The van der Waals surface area contributed by atoms with E-state index in [0.29, 0.717) is 17.3 Å². The molecule has 0 unspecified atom stereocenters. The van der Waals surface area contributed by atoms with E-state index in [1.807, 2.05) is 4.90 Å². The summed E-state index contributed by atoms with van der Waals surface area (Å²) in [6, 6.07) is 12.1. The maximum atomic E-state index is 13.1. The fourth-order valence-electron chi connectivity index (χ4n) is 3.89. The Kier molecular flexibility index (Phi) is 4.70. The van der Waals surface area contributed by atoms with Gasteiger partial charge >= 0.3 is 0 Å². The molecule has 0 radical (unpaired) electrons. The zero-order chi connectivity index (χ0) is 19.2. The van der Waals surface area contributed by atoms with Gasteiger partial charge in [0.1, 0.15) is 5.82 Å². The molecule has 27 heavy (non-hydrogen) atoms. The topological polar surface area (TPSA) is 57.7 Å². The van der Waals surface area contributed by atoms with Crippen molar-refractivity contribution in [1.82, 2.24) is 4.90 Å². The van der Waals surface area contributed by atoms with Crippen LogP contribution in [0, 0.1) is 5.82 Å². The zero-order valence-electron chi connectivity index (χ0n) is 14.4. The average molecular weight is 409 g/mol. The van der Waals surface area contributed by atoms with Gasteiger partial charge in [0, 0.05) is 23.3 Å². The quantitative estimate of drug-likeness (QED) is 0.783. The van der Waals surface area contributed by atoms with Crippen LogP contribution in [-0.4, -0.2) is 49.4 Å². The van der Waals surface area contributed by atoms with Crippen molar-refractivity contribution in [3.63, 3.8) is 0 Å². The Bertz CT molecular complexity index is 963. The summed E-state index contributed by atoms with van der Waals surface area (Å²) in [6.07, 6.45) is 0. The molecule has 2 saturated heterocycles. The first kappa shape index (κ1) is 18.4. The van der Waals surface area contributed by atoms with Gasteiger partial charge in [0.05, 0.1) is 24.1 Å². The van der Waals surface area contributed by atoms with Crippen LogP contribution in [0.1, 0.15) is 5.56 Å². The third-order valence-electron chi connectivity index (χ3n) is 5.10. The molecule has 5 nitrogen and oxygen atoms in total. The van der Waals surface area contributed by atoms with E-state index in [4.69, 9.17) is 11.6 Å². The molecule has 0 N–H and O–H groups in total. The lowest BCUT2D eigenvalue weighted by atomic mass is 10.0. The van der Waals surface area contributed by atoms with Gasteiger partial charge in [-0.3, -0.25) is 9.69 Å². The van der Waals surface area contributed by atoms with Crippen molar-refractivity contribution < 1.29 is 17.6 Å². The summed E-state index contributed by atoms with van der Waals surface area (Å²) in [5.41, 5.74) is 1.49. The molecular weight excluding hydrogens is 391 g/mol. The largest absolute Gasteiger partial charge is 0.306 e. The molecule has 1 amide bonds. The highest BCUT2D eigenvalue weighted by molar-refractivity contribution is 7.91. The predicted octanol–water partition coefficient (Wildman–Crippen LogP) is 2.49. The minimum atomic E-state index is -3.25. The van der Waals surface area contributed by atoms with Gasteiger partial charge in [-0.1, -0.05) is 23.7 Å². The summed E-state index contributed by atoms with van der Waals surface area (Å²) in [5, 5.41) is 0.553. The summed E-state index contributed by atoms with van der Waals surface area (Å²) in [4.78, 5) is 16.4. The van der Waals surface area contributed by atoms with Crippen molar-refractivity contribution in [3.05, 3.63) is 64.9 Å². The van der Waals surface area contributed by atoms with Crippen LogP contribution in [0.15, 0.2) is 48.5 Å². The van der Waals surface area contributed by atoms with Crippen LogP contribution in [0.3, 0.4) is 0 Å². The van der Waals surface area contributed by atoms with E-state index in [1.165, 1.54) is 12.1 Å². The van der Waals surface area contributed by atoms with Crippen molar-refractivity contribution in [1.29, 1.82) is 0 Å². The van der Waals surface area contributed by atoms with Crippen LogP contribution in [-0.2, 0) is 21.2 Å². The van der Waals surface area contributed by atoms with Gasteiger partial charge < -0.3 is 4.90 Å². The molecule has 0 aromatic heterocycles. The number of rotatable bonds is 3. The lowest BCUT2D eigenvalue weighted by molar-refractivity contribution is -0.123. The van der Waals surface area contributed by atoms with Crippen molar-refractivity contribution in [3.8, 4) is 0 Å². The van der Waals surface area contributed by atoms with Gasteiger partial charge in [-0.2, -0.15) is 0 Å². The Labute approximate surface area is 162 Å². The molecule has 2 aromatic carbocycles. The molecule has 2 fully saturated rings. The number of piperazine rings is 1. The van der Waals surface area contributed by atoms with Gasteiger partial charge in [-0.15, -0.1) is 0 Å². The van der Waals surface area contributed by atoms with Gasteiger partial charge in [0.2, 0.25) is 5.91 Å². The van der Waals surface area contributed by atoms with Crippen molar-refractivity contribution in [2.45, 2.75) is 18.6 Å². The highest BCUT2D eigenvalue weighted by atomic mass is 35.5. The van der Waals surface area contributed by atoms with Crippen LogP contribution < -0.4 is 4.90 Å². The SMILES string of the molecule is O=C1CN(Cc2ccc(F)cc2)[C@@H]2CS(=O)(=O)C[C@H]2N1c1ccc(Cl)cc1. The third-order valence-corrected chi connectivity index (χ3v) is 7.06. The van der Waals surface area contributed by atoms with Crippen LogP contribution in [0.2, 0.25) is 5.02 Å². The predicted molar refractivity (Wildman–Crippen MR) is 102 cm³/mol. The number of fused-ring (bicyclic) bond motifs is 1. The van der Waals surface area contributed by atoms with Gasteiger partial charge in [-0.05, 0) is 42.0 Å². The Balaban J connectivity index is 1.65. The summed E-state index contributed by atoms with van der Waals surface area (Å²) < 4.78 is 37.8. The molecule has 0 aliphatic carbocycles. The third kappa shape index (κ3) is 3.72. The lowest BCUT2D eigenvalue weighted by Crippen LogP contribution is -2.61. The molecule has 0 spiro atoms. The Hall–Kier alpha value is -1.96. The maximum absolute atomic E-state index is 13.1. The average Bonchev–Trinajstić information content (AvgIpc) is 2.93. The second-order valence-corrected chi connectivity index (χ2v) is 9.57. The lowest BCUT2D eigenvalue weighted by Gasteiger charge is -2.43. The van der Waals surface area contributed by atoms with Crippen molar-refractivity contribution in [2.75, 3.05) is 23.0 Å². The Morgan fingerprint density at radius 3 is 2.30 bits per heavy atom. The molecule has 142 valence electrons. The van der Waals surface area contributed by atoms with E-state index in [0.717, 1.165) is 5.56 Å². The minimum absolute atomic E-state index is 0.0101. The number of carbonyl (C=O) groups is 1. The first-order chi connectivity index (χ1) is 12.8. The summed E-state index contributed by atoms with van der Waals surface area (Å²) in [7, 11) is -3.25. The number of hydrogen-bond donors (Lipinski definition) is 0. The molecule has 0 bridgehead atoms. The molecule has 4 rings (SSSR count). The smallest absolute Gasteiger partial charge is 0.241 e. The number of halogens is 2. The zero-order valence-corrected chi connectivity index (χ0v) is 16.0. The highest BCUT2D eigenvalue weighted by Gasteiger charge is 2.49. The molecule has 0 saturated carbocycles. The van der Waals surface area contributed by atoms with Crippen molar-refractivity contribution in [2.24, 2.45) is 0 Å². The van der Waals surface area contributed by atoms with Crippen LogP contribution in [0.5, 0.6) is 0 Å². The Morgan fingerprint density at radius 1 is 1.00 bits per heavy atom. The van der Waals surface area contributed by atoms with E-state index in [-0.39, 0.29) is 35.8 Å². The molecule has 8 heteroatoms. The number of nitrogens with zero attached hydrogens (tertiary/aromatic N) is 2. The van der Waals surface area contributed by atoms with E-state index in [2.05, 4.69) is 0 Å². The van der Waals surface area contributed by atoms with Gasteiger partial charge in [-0.25, -0.2) is 12.8 Å². The fourth-order valence-corrected chi connectivity index (χ4v) is 6.00. The van der Waals surface area contributed by atoms with Gasteiger partial charge in [0.25, 0.3) is 0 Å². The van der Waals surface area contributed by atoms with E-state index in [1.54, 1.807) is 41.3 Å². The number of carbonyl (C=O) groups excluding carboxylic acids is 1. The van der Waals surface area contributed by atoms with Crippen molar-refractivity contribution >= 4 is 33.0 Å². The van der Waals surface area contributed by atoms with E-state index >= 15 is 0 Å². The van der Waals surface area contributed by atoms with Gasteiger partial charge in [0.15, 0.2) is 9.84 Å². The molecule has 2 atom stereocenters. The summed E-state index contributed by atoms with van der Waals surface area (Å²) in [5.74, 6) is -0.538. The molecule has 2 aliphatic heterocycles. The summed E-state index contributed by atoms with van der Waals surface area (Å²) in [6.45, 7) is 0.508. The van der Waals surface area contributed by atoms with Crippen LogP contribution in [0.4, 0.5) is 10.1 Å². The molecule has 2 aliphatic rings. The monoisotopic (exact) mass is 408 g/mol. The maximum Gasteiger partial charge on any atom is 0.241 e.